The average Bonchev–Trinajstić information content (AvgIpc) is 2.77. The first-order valence-corrected chi connectivity index (χ1v) is 6.08. The minimum Gasteiger partial charge on any atom is -0.493 e. The molecule has 0 bridgehead atoms. The van der Waals surface area contributed by atoms with Crippen molar-refractivity contribution in [3.05, 3.63) is 29.3 Å². The second kappa shape index (κ2) is 5.35. The zero-order chi connectivity index (χ0) is 11.4. The van der Waals surface area contributed by atoms with Crippen molar-refractivity contribution in [2.24, 2.45) is 0 Å². The second-order valence-electron chi connectivity index (χ2n) is 4.47. The fourth-order valence-electron chi connectivity index (χ4n) is 2.05. The number of hydrogen-bond acceptors (Lipinski definition) is 2. The van der Waals surface area contributed by atoms with Crippen LogP contribution in [0.15, 0.2) is 18.2 Å². The highest BCUT2D eigenvalue weighted by molar-refractivity contribution is 5.38. The molecular formula is C14H20O2. The minimum absolute atomic E-state index is 0.421. The van der Waals surface area contributed by atoms with Gasteiger partial charge >= 0.3 is 0 Å². The Balaban J connectivity index is 1.82. The highest BCUT2D eigenvalue weighted by atomic mass is 16.5. The molecule has 0 amide bonds. The Labute approximate surface area is 97.6 Å². The molecule has 1 aromatic carbocycles. The van der Waals surface area contributed by atoms with Crippen LogP contribution in [0.4, 0.5) is 0 Å². The van der Waals surface area contributed by atoms with Crippen LogP contribution < -0.4 is 4.74 Å². The number of benzene rings is 1. The van der Waals surface area contributed by atoms with E-state index in [0.29, 0.717) is 6.10 Å². The lowest BCUT2D eigenvalue weighted by Gasteiger charge is -2.13. The maximum atomic E-state index is 5.80. The molecule has 0 aliphatic carbocycles. The maximum Gasteiger partial charge on any atom is 0.122 e. The van der Waals surface area contributed by atoms with E-state index in [1.54, 1.807) is 0 Å². The second-order valence-corrected chi connectivity index (χ2v) is 4.47. The van der Waals surface area contributed by atoms with Gasteiger partial charge in [-0.15, -0.1) is 0 Å². The Morgan fingerprint density at radius 2 is 2.25 bits per heavy atom. The zero-order valence-electron chi connectivity index (χ0n) is 10.2. The molecule has 1 aliphatic heterocycles. The van der Waals surface area contributed by atoms with Crippen LogP contribution in [0.2, 0.25) is 0 Å². The third-order valence-corrected chi connectivity index (χ3v) is 3.28. The van der Waals surface area contributed by atoms with Gasteiger partial charge in [-0.1, -0.05) is 12.1 Å². The quantitative estimate of drug-likeness (QED) is 0.775. The highest BCUT2D eigenvalue weighted by Crippen LogP contribution is 2.21. The predicted molar refractivity (Wildman–Crippen MR) is 65.0 cm³/mol. The van der Waals surface area contributed by atoms with E-state index in [0.717, 1.165) is 25.4 Å². The van der Waals surface area contributed by atoms with E-state index in [2.05, 4.69) is 19.9 Å². The number of hydrogen-bond donors (Lipinski definition) is 0. The molecule has 1 atom stereocenters. The topological polar surface area (TPSA) is 18.5 Å². The summed E-state index contributed by atoms with van der Waals surface area (Å²) in [5.41, 5.74) is 2.53. The van der Waals surface area contributed by atoms with Crippen molar-refractivity contribution >= 4 is 0 Å². The van der Waals surface area contributed by atoms with Crippen molar-refractivity contribution in [3.63, 3.8) is 0 Å². The molecule has 0 N–H and O–H groups in total. The molecule has 0 saturated carbocycles. The molecular weight excluding hydrogens is 200 g/mol. The first-order chi connectivity index (χ1) is 7.77. The van der Waals surface area contributed by atoms with Crippen molar-refractivity contribution in [2.75, 3.05) is 13.2 Å². The van der Waals surface area contributed by atoms with Gasteiger partial charge in [-0.2, -0.15) is 0 Å². The van der Waals surface area contributed by atoms with Gasteiger partial charge in [0.1, 0.15) is 5.75 Å². The van der Waals surface area contributed by atoms with E-state index >= 15 is 0 Å². The molecule has 2 heteroatoms. The maximum absolute atomic E-state index is 5.80. The summed E-state index contributed by atoms with van der Waals surface area (Å²) in [6.07, 6.45) is 3.82. The van der Waals surface area contributed by atoms with Crippen LogP contribution in [-0.4, -0.2) is 19.3 Å². The van der Waals surface area contributed by atoms with Crippen LogP contribution >= 0.6 is 0 Å². The molecule has 1 heterocycles. The van der Waals surface area contributed by atoms with Gasteiger partial charge in [-0.05, 0) is 43.9 Å². The molecule has 0 spiro atoms. The molecule has 2 nitrogen and oxygen atoms in total. The van der Waals surface area contributed by atoms with Crippen molar-refractivity contribution < 1.29 is 9.47 Å². The fraction of sp³-hybridized carbons (Fsp3) is 0.571. The predicted octanol–water partition coefficient (Wildman–Crippen LogP) is 3.25. The van der Waals surface area contributed by atoms with Crippen LogP contribution in [0.25, 0.3) is 0 Å². The van der Waals surface area contributed by atoms with Gasteiger partial charge in [0.05, 0.1) is 12.7 Å². The number of rotatable bonds is 4. The summed E-state index contributed by atoms with van der Waals surface area (Å²) >= 11 is 0. The number of ether oxygens (including phenoxy) is 2. The van der Waals surface area contributed by atoms with E-state index in [4.69, 9.17) is 9.47 Å². The van der Waals surface area contributed by atoms with E-state index in [-0.39, 0.29) is 0 Å². The van der Waals surface area contributed by atoms with Crippen LogP contribution in [0.1, 0.15) is 30.4 Å². The summed E-state index contributed by atoms with van der Waals surface area (Å²) in [5, 5.41) is 0. The summed E-state index contributed by atoms with van der Waals surface area (Å²) in [6, 6.07) is 6.20. The SMILES string of the molecule is Cc1cccc(OCCC2CCCO2)c1C. The minimum atomic E-state index is 0.421. The Bertz CT molecular complexity index is 341. The first kappa shape index (κ1) is 11.5. The van der Waals surface area contributed by atoms with Crippen molar-refractivity contribution in [3.8, 4) is 5.75 Å². The normalized spacial score (nSPS) is 20.0. The summed E-state index contributed by atoms with van der Waals surface area (Å²) in [6.45, 7) is 5.90. The van der Waals surface area contributed by atoms with E-state index in [1.807, 2.05) is 12.1 Å². The largest absolute Gasteiger partial charge is 0.493 e. The standard InChI is InChI=1S/C14H20O2/c1-11-5-3-7-14(12(11)2)16-10-8-13-6-4-9-15-13/h3,5,7,13H,4,6,8-10H2,1-2H3. The Kier molecular flexibility index (Phi) is 3.83. The third kappa shape index (κ3) is 2.76. The lowest BCUT2D eigenvalue weighted by molar-refractivity contribution is 0.0902. The zero-order valence-corrected chi connectivity index (χ0v) is 10.2. The van der Waals surface area contributed by atoms with Gasteiger partial charge in [0, 0.05) is 13.0 Å². The fourth-order valence-corrected chi connectivity index (χ4v) is 2.05. The van der Waals surface area contributed by atoms with Crippen LogP contribution in [-0.2, 0) is 4.74 Å². The van der Waals surface area contributed by atoms with Gasteiger partial charge in [0.15, 0.2) is 0 Å². The smallest absolute Gasteiger partial charge is 0.122 e. The van der Waals surface area contributed by atoms with Crippen LogP contribution in [0.3, 0.4) is 0 Å². The van der Waals surface area contributed by atoms with Gasteiger partial charge in [-0.25, -0.2) is 0 Å². The van der Waals surface area contributed by atoms with Crippen molar-refractivity contribution in [1.82, 2.24) is 0 Å². The van der Waals surface area contributed by atoms with Crippen LogP contribution in [0.5, 0.6) is 5.75 Å². The molecule has 1 unspecified atom stereocenters. The van der Waals surface area contributed by atoms with Crippen molar-refractivity contribution in [2.45, 2.75) is 39.2 Å². The van der Waals surface area contributed by atoms with E-state index in [1.165, 1.54) is 24.0 Å². The molecule has 16 heavy (non-hydrogen) atoms. The first-order valence-electron chi connectivity index (χ1n) is 6.08. The summed E-state index contributed by atoms with van der Waals surface area (Å²) < 4.78 is 11.4. The van der Waals surface area contributed by atoms with Gasteiger partial charge in [0.2, 0.25) is 0 Å². The van der Waals surface area contributed by atoms with Crippen molar-refractivity contribution in [1.29, 1.82) is 0 Å². The van der Waals surface area contributed by atoms with Gasteiger partial charge < -0.3 is 9.47 Å². The lowest BCUT2D eigenvalue weighted by atomic mass is 10.1. The molecule has 2 rings (SSSR count). The lowest BCUT2D eigenvalue weighted by Crippen LogP contribution is -2.11. The molecule has 1 aromatic rings. The molecule has 0 aromatic heterocycles. The summed E-state index contributed by atoms with van der Waals surface area (Å²) in [5.74, 6) is 1.01. The highest BCUT2D eigenvalue weighted by Gasteiger charge is 2.15. The summed E-state index contributed by atoms with van der Waals surface area (Å²) in [4.78, 5) is 0. The Hall–Kier alpha value is -1.02. The molecule has 1 fully saturated rings. The van der Waals surface area contributed by atoms with E-state index in [9.17, 15) is 0 Å². The molecule has 1 saturated heterocycles. The van der Waals surface area contributed by atoms with E-state index < -0.39 is 0 Å². The molecule has 1 aliphatic rings. The third-order valence-electron chi connectivity index (χ3n) is 3.28. The van der Waals surface area contributed by atoms with Gasteiger partial charge in [-0.3, -0.25) is 0 Å². The Morgan fingerprint density at radius 3 is 3.00 bits per heavy atom. The average molecular weight is 220 g/mol. The summed E-state index contributed by atoms with van der Waals surface area (Å²) in [7, 11) is 0. The van der Waals surface area contributed by atoms with Gasteiger partial charge in [0.25, 0.3) is 0 Å². The monoisotopic (exact) mass is 220 g/mol. The molecule has 0 radical (unpaired) electrons. The number of aryl methyl sites for hydroxylation is 1. The molecule has 88 valence electrons. The van der Waals surface area contributed by atoms with Crippen LogP contribution in [0, 0.1) is 13.8 Å². The Morgan fingerprint density at radius 1 is 1.38 bits per heavy atom.